The molecule has 0 unspecified atom stereocenters. The number of rotatable bonds is 10. The normalized spacial score (nSPS) is 11.3. The molecule has 0 aromatic heterocycles. The van der Waals surface area contributed by atoms with E-state index in [1.54, 1.807) is 0 Å². The molecule has 1 N–H and O–H groups in total. The zero-order chi connectivity index (χ0) is 10.5. The van der Waals surface area contributed by atoms with Gasteiger partial charge in [-0.15, -0.1) is 0 Å². The summed E-state index contributed by atoms with van der Waals surface area (Å²) in [5.74, 6) is 0. The van der Waals surface area contributed by atoms with Crippen LogP contribution in [0.2, 0.25) is 0 Å². The number of unbranched alkanes of at least 4 members (excludes halogenated alkanes) is 7. The Morgan fingerprint density at radius 1 is 0.786 bits per heavy atom. The maximum absolute atomic E-state index is 7.00. The molecule has 0 aromatic rings. The SMILES string of the molecule is CCCCCCC=CCCCCC[NH]. The van der Waals surface area contributed by atoms with Crippen LogP contribution in [-0.4, -0.2) is 6.54 Å². The average Bonchev–Trinajstić information content (AvgIpc) is 2.21. The molecule has 0 aliphatic rings. The van der Waals surface area contributed by atoms with Gasteiger partial charge in [0.15, 0.2) is 0 Å². The molecule has 0 saturated heterocycles. The highest BCUT2D eigenvalue weighted by atomic mass is 14.5. The van der Waals surface area contributed by atoms with Gasteiger partial charge < -0.3 is 0 Å². The molecule has 0 saturated carbocycles. The molecule has 0 heterocycles. The van der Waals surface area contributed by atoms with Gasteiger partial charge in [-0.05, 0) is 32.1 Å². The van der Waals surface area contributed by atoms with Gasteiger partial charge in [0.25, 0.3) is 0 Å². The molecular weight excluding hydrogens is 170 g/mol. The number of nitrogens with one attached hydrogen (secondary N) is 1. The monoisotopic (exact) mass is 196 g/mol. The summed E-state index contributed by atoms with van der Waals surface area (Å²) in [6.07, 6.45) is 16.2. The van der Waals surface area contributed by atoms with E-state index < -0.39 is 0 Å². The largest absolute Gasteiger partial charge is 0.258 e. The van der Waals surface area contributed by atoms with Crippen LogP contribution in [0.25, 0.3) is 0 Å². The molecule has 0 aliphatic heterocycles. The highest BCUT2D eigenvalue weighted by Crippen LogP contribution is 2.04. The fourth-order valence-corrected chi connectivity index (χ4v) is 1.49. The number of allylic oxidation sites excluding steroid dienone is 2. The van der Waals surface area contributed by atoms with Gasteiger partial charge in [0.2, 0.25) is 0 Å². The summed E-state index contributed by atoms with van der Waals surface area (Å²) in [5, 5.41) is 0. The van der Waals surface area contributed by atoms with Crippen molar-refractivity contribution >= 4 is 0 Å². The Balaban J connectivity index is 2.96. The Labute approximate surface area is 89.8 Å². The van der Waals surface area contributed by atoms with Crippen LogP contribution in [0.5, 0.6) is 0 Å². The lowest BCUT2D eigenvalue weighted by atomic mass is 10.1. The zero-order valence-electron chi connectivity index (χ0n) is 9.73. The molecule has 0 atom stereocenters. The van der Waals surface area contributed by atoms with Crippen LogP contribution in [0.3, 0.4) is 0 Å². The fraction of sp³-hybridized carbons (Fsp3) is 0.846. The minimum atomic E-state index is 0.598. The Morgan fingerprint density at radius 3 is 1.86 bits per heavy atom. The summed E-state index contributed by atoms with van der Waals surface area (Å²) in [4.78, 5) is 0. The van der Waals surface area contributed by atoms with Crippen LogP contribution in [0.4, 0.5) is 0 Å². The minimum absolute atomic E-state index is 0.598. The Bertz CT molecular complexity index is 104. The van der Waals surface area contributed by atoms with E-state index in [2.05, 4.69) is 19.1 Å². The summed E-state index contributed by atoms with van der Waals surface area (Å²) in [6.45, 7) is 2.85. The standard InChI is InChI=1S/C13H26N/c1-2-3-4-5-6-7-8-9-10-11-12-13-14/h7-8,14H,2-6,9-13H2,1H3. The molecule has 0 spiro atoms. The topological polar surface area (TPSA) is 23.8 Å². The van der Waals surface area contributed by atoms with Crippen molar-refractivity contribution < 1.29 is 0 Å². The first-order valence-corrected chi connectivity index (χ1v) is 6.21. The predicted molar refractivity (Wildman–Crippen MR) is 64.3 cm³/mol. The van der Waals surface area contributed by atoms with Crippen LogP contribution in [0, 0.1) is 0 Å². The molecule has 0 rings (SSSR count). The molecule has 14 heavy (non-hydrogen) atoms. The quantitative estimate of drug-likeness (QED) is 0.366. The summed E-state index contributed by atoms with van der Waals surface area (Å²) in [5.41, 5.74) is 7.00. The van der Waals surface area contributed by atoms with Crippen molar-refractivity contribution in [2.75, 3.05) is 6.54 Å². The molecule has 0 aromatic carbocycles. The van der Waals surface area contributed by atoms with Crippen LogP contribution >= 0.6 is 0 Å². The molecular formula is C13H26N. The fourth-order valence-electron chi connectivity index (χ4n) is 1.49. The Morgan fingerprint density at radius 2 is 1.36 bits per heavy atom. The average molecular weight is 196 g/mol. The molecule has 1 nitrogen and oxygen atoms in total. The van der Waals surface area contributed by atoms with E-state index in [9.17, 15) is 0 Å². The van der Waals surface area contributed by atoms with E-state index in [1.807, 2.05) is 0 Å². The Hall–Kier alpha value is -0.300. The van der Waals surface area contributed by atoms with Crippen LogP contribution < -0.4 is 5.73 Å². The molecule has 1 heteroatoms. The zero-order valence-corrected chi connectivity index (χ0v) is 9.73. The minimum Gasteiger partial charge on any atom is -0.258 e. The summed E-state index contributed by atoms with van der Waals surface area (Å²) in [6, 6.07) is 0. The highest BCUT2D eigenvalue weighted by Gasteiger charge is 1.86. The van der Waals surface area contributed by atoms with Crippen LogP contribution in [0.15, 0.2) is 12.2 Å². The first-order valence-electron chi connectivity index (χ1n) is 6.21. The van der Waals surface area contributed by atoms with Crippen molar-refractivity contribution in [3.05, 3.63) is 12.2 Å². The van der Waals surface area contributed by atoms with Crippen molar-refractivity contribution in [2.45, 2.75) is 64.7 Å². The van der Waals surface area contributed by atoms with E-state index in [-0.39, 0.29) is 0 Å². The second kappa shape index (κ2) is 12.7. The third-order valence-corrected chi connectivity index (χ3v) is 2.44. The van der Waals surface area contributed by atoms with Gasteiger partial charge in [-0.25, -0.2) is 0 Å². The van der Waals surface area contributed by atoms with E-state index >= 15 is 0 Å². The summed E-state index contributed by atoms with van der Waals surface area (Å²) >= 11 is 0. The van der Waals surface area contributed by atoms with Gasteiger partial charge in [-0.1, -0.05) is 44.8 Å². The van der Waals surface area contributed by atoms with Crippen molar-refractivity contribution in [2.24, 2.45) is 0 Å². The van der Waals surface area contributed by atoms with Gasteiger partial charge in [0.05, 0.1) is 0 Å². The third-order valence-electron chi connectivity index (χ3n) is 2.44. The Kier molecular flexibility index (Phi) is 12.4. The predicted octanol–water partition coefficient (Wildman–Crippen LogP) is 4.36. The van der Waals surface area contributed by atoms with Crippen LogP contribution in [0.1, 0.15) is 64.7 Å². The van der Waals surface area contributed by atoms with E-state index in [0.29, 0.717) is 6.54 Å². The van der Waals surface area contributed by atoms with Gasteiger partial charge in [0, 0.05) is 6.54 Å². The molecule has 0 fully saturated rings. The molecule has 0 bridgehead atoms. The summed E-state index contributed by atoms with van der Waals surface area (Å²) < 4.78 is 0. The van der Waals surface area contributed by atoms with Crippen molar-refractivity contribution in [3.8, 4) is 0 Å². The smallest absolute Gasteiger partial charge is 0.00997 e. The van der Waals surface area contributed by atoms with Gasteiger partial charge in [-0.2, -0.15) is 0 Å². The second-order valence-electron chi connectivity index (χ2n) is 3.92. The maximum atomic E-state index is 7.00. The van der Waals surface area contributed by atoms with Crippen molar-refractivity contribution in [3.63, 3.8) is 0 Å². The molecule has 1 radical (unpaired) electrons. The lowest BCUT2D eigenvalue weighted by Crippen LogP contribution is -1.83. The second-order valence-corrected chi connectivity index (χ2v) is 3.92. The van der Waals surface area contributed by atoms with E-state index in [0.717, 1.165) is 6.42 Å². The summed E-state index contributed by atoms with van der Waals surface area (Å²) in [7, 11) is 0. The molecule has 0 amide bonds. The highest BCUT2D eigenvalue weighted by molar-refractivity contribution is 4.81. The van der Waals surface area contributed by atoms with Crippen molar-refractivity contribution in [1.82, 2.24) is 5.73 Å². The lowest BCUT2D eigenvalue weighted by Gasteiger charge is -1.95. The number of hydrogen-bond donors (Lipinski definition) is 0. The van der Waals surface area contributed by atoms with E-state index in [1.165, 1.54) is 51.4 Å². The van der Waals surface area contributed by atoms with E-state index in [4.69, 9.17) is 5.73 Å². The van der Waals surface area contributed by atoms with Crippen LogP contribution in [-0.2, 0) is 0 Å². The van der Waals surface area contributed by atoms with Crippen molar-refractivity contribution in [1.29, 1.82) is 0 Å². The lowest BCUT2D eigenvalue weighted by molar-refractivity contribution is 0.670. The first-order chi connectivity index (χ1) is 6.91. The molecule has 0 aliphatic carbocycles. The number of hydrogen-bond acceptors (Lipinski definition) is 0. The molecule has 83 valence electrons. The van der Waals surface area contributed by atoms with Gasteiger partial charge >= 0.3 is 0 Å². The third kappa shape index (κ3) is 11.7. The first kappa shape index (κ1) is 13.7. The maximum Gasteiger partial charge on any atom is 0.00997 e. The van der Waals surface area contributed by atoms with Gasteiger partial charge in [0.1, 0.15) is 0 Å². The van der Waals surface area contributed by atoms with Gasteiger partial charge in [-0.3, -0.25) is 5.73 Å².